The van der Waals surface area contributed by atoms with Crippen LogP contribution in [-0.4, -0.2) is 14.2 Å². The van der Waals surface area contributed by atoms with Crippen molar-refractivity contribution >= 4 is 9.84 Å². The number of rotatable bonds is 10. The number of allylic oxidation sites excluding steroid dienone is 1. The zero-order chi connectivity index (χ0) is 15.1. The third kappa shape index (κ3) is 5.59. The molecular formula is C17H32O2S. The molecule has 0 aromatic heterocycles. The number of hydrogen-bond acceptors (Lipinski definition) is 2. The Kier molecular flexibility index (Phi) is 7.28. The largest absolute Gasteiger partial charge is 0.224 e. The third-order valence-electron chi connectivity index (χ3n) is 4.78. The summed E-state index contributed by atoms with van der Waals surface area (Å²) in [5.74, 6) is 0.564. The van der Waals surface area contributed by atoms with E-state index in [9.17, 15) is 8.42 Å². The van der Waals surface area contributed by atoms with E-state index in [2.05, 4.69) is 20.8 Å². The normalized spacial score (nSPS) is 23.9. The van der Waals surface area contributed by atoms with Gasteiger partial charge in [-0.25, -0.2) is 8.42 Å². The molecule has 2 unspecified atom stereocenters. The van der Waals surface area contributed by atoms with Gasteiger partial charge in [-0.05, 0) is 24.2 Å². The lowest BCUT2D eigenvalue weighted by atomic mass is 9.71. The highest BCUT2D eigenvalue weighted by Crippen LogP contribution is 2.42. The van der Waals surface area contributed by atoms with Crippen molar-refractivity contribution < 1.29 is 8.42 Å². The highest BCUT2D eigenvalue weighted by Gasteiger charge is 2.37. The van der Waals surface area contributed by atoms with Crippen LogP contribution in [0.4, 0.5) is 0 Å². The minimum absolute atomic E-state index is 0.170. The fourth-order valence-corrected chi connectivity index (χ4v) is 4.79. The van der Waals surface area contributed by atoms with Crippen molar-refractivity contribution in [3.63, 3.8) is 0 Å². The predicted octanol–water partition coefficient (Wildman–Crippen LogP) is 5.10. The number of hydrogen-bond donors (Lipinski definition) is 0. The van der Waals surface area contributed by atoms with E-state index in [1.807, 2.05) is 6.08 Å². The summed E-state index contributed by atoms with van der Waals surface area (Å²) in [6.07, 6.45) is 13.1. The second-order valence-corrected chi connectivity index (χ2v) is 8.62. The molecule has 0 N–H and O–H groups in total. The summed E-state index contributed by atoms with van der Waals surface area (Å²) in [4.78, 5) is 0. The van der Waals surface area contributed by atoms with Gasteiger partial charge in [0, 0.05) is 5.41 Å². The highest BCUT2D eigenvalue weighted by molar-refractivity contribution is 7.94. The number of unbranched alkanes of at least 4 members (excludes halogenated alkanes) is 5. The van der Waals surface area contributed by atoms with Gasteiger partial charge in [0.05, 0.1) is 5.75 Å². The summed E-state index contributed by atoms with van der Waals surface area (Å²) < 4.78 is 23.4. The lowest BCUT2D eigenvalue weighted by Crippen LogP contribution is -2.28. The average Bonchev–Trinajstić information content (AvgIpc) is 2.76. The zero-order valence-corrected chi connectivity index (χ0v) is 14.3. The molecule has 1 aliphatic rings. The van der Waals surface area contributed by atoms with E-state index >= 15 is 0 Å². The van der Waals surface area contributed by atoms with Crippen LogP contribution in [0.25, 0.3) is 0 Å². The lowest BCUT2D eigenvalue weighted by Gasteiger charge is -2.35. The topological polar surface area (TPSA) is 34.1 Å². The summed E-state index contributed by atoms with van der Waals surface area (Å²) in [5.41, 5.74) is 0.170. The van der Waals surface area contributed by atoms with Gasteiger partial charge in [0.25, 0.3) is 0 Å². The standard InChI is InChI=1S/C17H32O2S/c1-4-6-8-10-13-17(3,12-9-7-5-2)16-11-14-20(18,19)15-16/h11,14,16H,4-10,12-13,15H2,1-3H3. The predicted molar refractivity (Wildman–Crippen MR) is 87.4 cm³/mol. The smallest absolute Gasteiger partial charge is 0.171 e. The van der Waals surface area contributed by atoms with Gasteiger partial charge in [0.1, 0.15) is 0 Å². The van der Waals surface area contributed by atoms with Crippen molar-refractivity contribution in [1.29, 1.82) is 0 Å². The molecular weight excluding hydrogens is 268 g/mol. The average molecular weight is 301 g/mol. The summed E-state index contributed by atoms with van der Waals surface area (Å²) >= 11 is 0. The Morgan fingerprint density at radius 3 is 2.05 bits per heavy atom. The van der Waals surface area contributed by atoms with Gasteiger partial charge in [-0.2, -0.15) is 0 Å². The van der Waals surface area contributed by atoms with E-state index in [1.165, 1.54) is 56.8 Å². The molecule has 3 heteroatoms. The quantitative estimate of drug-likeness (QED) is 0.526. The molecule has 0 saturated heterocycles. The van der Waals surface area contributed by atoms with Crippen molar-refractivity contribution in [1.82, 2.24) is 0 Å². The Morgan fingerprint density at radius 1 is 1.00 bits per heavy atom. The summed E-state index contributed by atoms with van der Waals surface area (Å²) in [6, 6.07) is 0. The van der Waals surface area contributed by atoms with Crippen LogP contribution in [0.5, 0.6) is 0 Å². The maximum Gasteiger partial charge on any atom is 0.171 e. The van der Waals surface area contributed by atoms with E-state index in [1.54, 1.807) is 0 Å². The first-order valence-electron chi connectivity index (χ1n) is 8.34. The van der Waals surface area contributed by atoms with Crippen LogP contribution < -0.4 is 0 Å². The molecule has 0 spiro atoms. The van der Waals surface area contributed by atoms with E-state index in [4.69, 9.17) is 0 Å². The van der Waals surface area contributed by atoms with Gasteiger partial charge in [0.2, 0.25) is 0 Å². The Morgan fingerprint density at radius 2 is 1.55 bits per heavy atom. The summed E-state index contributed by atoms with van der Waals surface area (Å²) in [7, 11) is -2.93. The summed E-state index contributed by atoms with van der Waals surface area (Å²) in [6.45, 7) is 6.76. The fraction of sp³-hybridized carbons (Fsp3) is 0.882. The van der Waals surface area contributed by atoms with Gasteiger partial charge in [0.15, 0.2) is 9.84 Å². The summed E-state index contributed by atoms with van der Waals surface area (Å²) in [5, 5.41) is 1.45. The van der Waals surface area contributed by atoms with Crippen molar-refractivity contribution in [2.75, 3.05) is 5.75 Å². The molecule has 1 heterocycles. The van der Waals surface area contributed by atoms with Gasteiger partial charge in [-0.15, -0.1) is 0 Å². The molecule has 118 valence electrons. The van der Waals surface area contributed by atoms with Gasteiger partial charge in [-0.1, -0.05) is 71.8 Å². The van der Waals surface area contributed by atoms with Crippen LogP contribution >= 0.6 is 0 Å². The van der Waals surface area contributed by atoms with E-state index in [0.717, 1.165) is 6.42 Å². The van der Waals surface area contributed by atoms with Crippen LogP contribution in [0.2, 0.25) is 0 Å². The van der Waals surface area contributed by atoms with E-state index < -0.39 is 9.84 Å². The van der Waals surface area contributed by atoms with Gasteiger partial charge >= 0.3 is 0 Å². The Bertz CT molecular complexity index is 397. The van der Waals surface area contributed by atoms with Crippen LogP contribution in [0.1, 0.15) is 78.6 Å². The molecule has 0 aliphatic carbocycles. The lowest BCUT2D eigenvalue weighted by molar-refractivity contribution is 0.192. The molecule has 0 amide bonds. The minimum Gasteiger partial charge on any atom is -0.224 e. The second-order valence-electron chi connectivity index (χ2n) is 6.69. The highest BCUT2D eigenvalue weighted by atomic mass is 32.2. The molecule has 2 nitrogen and oxygen atoms in total. The molecule has 2 atom stereocenters. The molecule has 0 bridgehead atoms. The molecule has 0 aromatic carbocycles. The van der Waals surface area contributed by atoms with Crippen molar-refractivity contribution in [3.05, 3.63) is 11.5 Å². The Hall–Kier alpha value is -0.310. The SMILES string of the molecule is CCCCCCC(C)(CCCCC)C1C=CS(=O)(=O)C1. The Labute approximate surface area is 126 Å². The molecule has 0 radical (unpaired) electrons. The fourth-order valence-electron chi connectivity index (χ4n) is 3.24. The first-order chi connectivity index (χ1) is 9.43. The van der Waals surface area contributed by atoms with Crippen LogP contribution in [0, 0.1) is 11.3 Å². The van der Waals surface area contributed by atoms with Crippen LogP contribution in [0.3, 0.4) is 0 Å². The van der Waals surface area contributed by atoms with Gasteiger partial charge in [-0.3, -0.25) is 0 Å². The molecule has 1 aliphatic heterocycles. The first-order valence-corrected chi connectivity index (χ1v) is 10.1. The molecule has 0 fully saturated rings. The molecule has 0 saturated carbocycles. The first kappa shape index (κ1) is 17.7. The van der Waals surface area contributed by atoms with Crippen LogP contribution in [-0.2, 0) is 9.84 Å². The van der Waals surface area contributed by atoms with E-state index in [0.29, 0.717) is 5.75 Å². The van der Waals surface area contributed by atoms with E-state index in [-0.39, 0.29) is 11.3 Å². The Balaban J connectivity index is 2.61. The van der Waals surface area contributed by atoms with Crippen molar-refractivity contribution in [2.45, 2.75) is 78.6 Å². The zero-order valence-electron chi connectivity index (χ0n) is 13.5. The maximum atomic E-state index is 11.7. The molecule has 0 aromatic rings. The van der Waals surface area contributed by atoms with Crippen molar-refractivity contribution in [3.8, 4) is 0 Å². The maximum absolute atomic E-state index is 11.7. The number of sulfone groups is 1. The van der Waals surface area contributed by atoms with Crippen LogP contribution in [0.15, 0.2) is 11.5 Å². The van der Waals surface area contributed by atoms with Gasteiger partial charge < -0.3 is 0 Å². The molecule has 20 heavy (non-hydrogen) atoms. The second kappa shape index (κ2) is 8.21. The third-order valence-corrected chi connectivity index (χ3v) is 6.17. The minimum atomic E-state index is -2.93. The monoisotopic (exact) mass is 300 g/mol. The van der Waals surface area contributed by atoms with Crippen molar-refractivity contribution in [2.24, 2.45) is 11.3 Å². The molecule has 1 rings (SSSR count).